The summed E-state index contributed by atoms with van der Waals surface area (Å²) in [7, 11) is 0. The molecule has 13 heavy (non-hydrogen) atoms. The predicted octanol–water partition coefficient (Wildman–Crippen LogP) is 4.58. The van der Waals surface area contributed by atoms with Gasteiger partial charge in [0.2, 0.25) is 0 Å². The van der Waals surface area contributed by atoms with Crippen molar-refractivity contribution in [3.63, 3.8) is 0 Å². The van der Waals surface area contributed by atoms with Crippen molar-refractivity contribution in [2.45, 2.75) is 0 Å². The van der Waals surface area contributed by atoms with Crippen LogP contribution in [-0.4, -0.2) is 0 Å². The molecule has 0 bridgehead atoms. The highest BCUT2D eigenvalue weighted by Gasteiger charge is 2.13. The number of rotatable bonds is 0. The van der Waals surface area contributed by atoms with E-state index in [-0.39, 0.29) is 0 Å². The van der Waals surface area contributed by atoms with Crippen molar-refractivity contribution in [3.8, 4) is 0 Å². The van der Waals surface area contributed by atoms with Crippen molar-refractivity contribution in [1.29, 1.82) is 0 Å². The number of benzene rings is 1. The summed E-state index contributed by atoms with van der Waals surface area (Å²) in [6.07, 6.45) is 1.52. The van der Waals surface area contributed by atoms with Crippen molar-refractivity contribution in [2.24, 2.45) is 0 Å². The summed E-state index contributed by atoms with van der Waals surface area (Å²) in [6.45, 7) is 3.76. The molecule has 4 heteroatoms. The Morgan fingerprint density at radius 2 is 1.85 bits per heavy atom. The third kappa shape index (κ3) is 1.32. The monoisotopic (exact) mass is 233 g/mol. The molecule has 1 radical (unpaired) electrons. The van der Waals surface area contributed by atoms with Gasteiger partial charge in [-0.25, -0.2) is 0 Å². The second kappa shape index (κ2) is 3.09. The van der Waals surface area contributed by atoms with Crippen LogP contribution >= 0.6 is 34.8 Å². The van der Waals surface area contributed by atoms with E-state index in [0.717, 1.165) is 5.39 Å². The van der Waals surface area contributed by atoms with Gasteiger partial charge in [0.05, 0.1) is 21.3 Å². The van der Waals surface area contributed by atoms with Crippen molar-refractivity contribution in [2.75, 3.05) is 0 Å². The van der Waals surface area contributed by atoms with E-state index < -0.39 is 0 Å². The molecule has 0 aliphatic carbocycles. The minimum Gasteiger partial charge on any atom is -0.464 e. The number of furan rings is 1. The molecule has 0 aliphatic heterocycles. The summed E-state index contributed by atoms with van der Waals surface area (Å²) < 4.78 is 5.18. The van der Waals surface area contributed by atoms with Crippen LogP contribution in [-0.2, 0) is 0 Å². The first kappa shape index (κ1) is 9.20. The van der Waals surface area contributed by atoms with Crippen LogP contribution in [0, 0.1) is 6.92 Å². The van der Waals surface area contributed by atoms with Gasteiger partial charge in [0, 0.05) is 17.0 Å². The van der Waals surface area contributed by atoms with Crippen molar-refractivity contribution in [1.82, 2.24) is 0 Å². The van der Waals surface area contributed by atoms with E-state index in [9.17, 15) is 0 Å². The molecule has 2 rings (SSSR count). The van der Waals surface area contributed by atoms with Gasteiger partial charge in [-0.15, -0.1) is 0 Å². The molecular formula is C9H4Cl3O. The lowest BCUT2D eigenvalue weighted by Crippen LogP contribution is -1.75. The Morgan fingerprint density at radius 1 is 1.15 bits per heavy atom. The van der Waals surface area contributed by atoms with Gasteiger partial charge in [-0.1, -0.05) is 34.8 Å². The highest BCUT2D eigenvalue weighted by Crippen LogP contribution is 2.38. The summed E-state index contributed by atoms with van der Waals surface area (Å²) in [5.74, 6) is 0. The van der Waals surface area contributed by atoms with Gasteiger partial charge in [0.25, 0.3) is 0 Å². The van der Waals surface area contributed by atoms with Crippen molar-refractivity contribution >= 4 is 45.8 Å². The molecule has 67 valence electrons. The Bertz CT molecular complexity index is 473. The number of hydrogen-bond donors (Lipinski definition) is 0. The molecule has 1 nitrogen and oxygen atoms in total. The van der Waals surface area contributed by atoms with Gasteiger partial charge in [-0.3, -0.25) is 0 Å². The first-order chi connectivity index (χ1) is 6.11. The van der Waals surface area contributed by atoms with Crippen molar-refractivity contribution < 1.29 is 4.42 Å². The molecule has 0 amide bonds. The third-order valence-electron chi connectivity index (χ3n) is 1.78. The molecule has 0 fully saturated rings. The summed E-state index contributed by atoms with van der Waals surface area (Å²) in [4.78, 5) is 0. The van der Waals surface area contributed by atoms with Crippen LogP contribution in [0.5, 0.6) is 0 Å². The fourth-order valence-corrected chi connectivity index (χ4v) is 1.87. The van der Waals surface area contributed by atoms with Gasteiger partial charge in [-0.2, -0.15) is 0 Å². The van der Waals surface area contributed by atoms with Gasteiger partial charge < -0.3 is 4.42 Å². The van der Waals surface area contributed by atoms with E-state index in [2.05, 4.69) is 6.92 Å². The van der Waals surface area contributed by atoms with Gasteiger partial charge in [0.1, 0.15) is 5.58 Å². The molecule has 0 unspecified atom stereocenters. The summed E-state index contributed by atoms with van der Waals surface area (Å²) in [6, 6.07) is 1.62. The standard InChI is InChI=1S/C9H4Cl3O/c1-4-3-13-6-2-5(10)8(11)9(12)7(4)6/h2-3H,1H2. The predicted molar refractivity (Wildman–Crippen MR) is 55.7 cm³/mol. The second-order valence-electron chi connectivity index (χ2n) is 2.62. The first-order valence-electron chi connectivity index (χ1n) is 3.48. The molecule has 0 spiro atoms. The molecule has 0 N–H and O–H groups in total. The maximum atomic E-state index is 5.96. The minimum absolute atomic E-state index is 0.335. The zero-order valence-electron chi connectivity index (χ0n) is 6.40. The maximum absolute atomic E-state index is 5.96. The lowest BCUT2D eigenvalue weighted by molar-refractivity contribution is 0.614. The lowest BCUT2D eigenvalue weighted by atomic mass is 10.2. The van der Waals surface area contributed by atoms with E-state index in [4.69, 9.17) is 39.2 Å². The van der Waals surface area contributed by atoms with Crippen molar-refractivity contribution in [3.05, 3.63) is 39.9 Å². The second-order valence-corrected chi connectivity index (χ2v) is 3.78. The molecule has 1 aromatic carbocycles. The number of halogens is 3. The fraction of sp³-hybridized carbons (Fsp3) is 0. The van der Waals surface area contributed by atoms with E-state index in [1.165, 1.54) is 6.26 Å². The topological polar surface area (TPSA) is 13.1 Å². The van der Waals surface area contributed by atoms with E-state index in [1.807, 2.05) is 0 Å². The molecule has 1 heterocycles. The van der Waals surface area contributed by atoms with Crippen LogP contribution in [0.25, 0.3) is 11.0 Å². The molecule has 0 saturated carbocycles. The highest BCUT2D eigenvalue weighted by molar-refractivity contribution is 6.50. The van der Waals surface area contributed by atoms with E-state index in [0.29, 0.717) is 26.2 Å². The van der Waals surface area contributed by atoms with Crippen LogP contribution in [0.3, 0.4) is 0 Å². The number of fused-ring (bicyclic) bond motifs is 1. The van der Waals surface area contributed by atoms with Gasteiger partial charge in [0.15, 0.2) is 0 Å². The minimum atomic E-state index is 0.335. The fourth-order valence-electron chi connectivity index (χ4n) is 1.16. The van der Waals surface area contributed by atoms with Crippen LogP contribution in [0.4, 0.5) is 0 Å². The summed E-state index contributed by atoms with van der Waals surface area (Å²) in [5.41, 5.74) is 1.31. The maximum Gasteiger partial charge on any atom is 0.137 e. The lowest BCUT2D eigenvalue weighted by Gasteiger charge is -1.99. The molecule has 0 atom stereocenters. The Labute approximate surface area is 90.2 Å². The molecular weight excluding hydrogens is 230 g/mol. The van der Waals surface area contributed by atoms with Crippen LogP contribution in [0.15, 0.2) is 16.7 Å². The first-order valence-corrected chi connectivity index (χ1v) is 4.61. The molecule has 0 saturated heterocycles. The Balaban J connectivity index is 2.97. The van der Waals surface area contributed by atoms with Gasteiger partial charge in [-0.05, 0) is 6.92 Å². The third-order valence-corrected chi connectivity index (χ3v) is 3.04. The Hall–Kier alpha value is -0.370. The average Bonchev–Trinajstić information content (AvgIpc) is 2.43. The molecule has 0 aliphatic rings. The van der Waals surface area contributed by atoms with E-state index in [1.54, 1.807) is 6.07 Å². The van der Waals surface area contributed by atoms with Crippen LogP contribution in [0.2, 0.25) is 15.1 Å². The average molecular weight is 234 g/mol. The largest absolute Gasteiger partial charge is 0.464 e. The summed E-state index contributed by atoms with van der Waals surface area (Å²) >= 11 is 17.6. The Kier molecular flexibility index (Phi) is 2.18. The Morgan fingerprint density at radius 3 is 2.54 bits per heavy atom. The zero-order chi connectivity index (χ0) is 9.59. The highest BCUT2D eigenvalue weighted by atomic mass is 35.5. The summed E-state index contributed by atoms with van der Waals surface area (Å²) in [5, 5.41) is 1.83. The van der Waals surface area contributed by atoms with E-state index >= 15 is 0 Å². The zero-order valence-corrected chi connectivity index (χ0v) is 8.67. The smallest absolute Gasteiger partial charge is 0.137 e. The number of hydrogen-bond acceptors (Lipinski definition) is 1. The SMILES string of the molecule is [CH2]c1coc2cc(Cl)c(Cl)c(Cl)c12. The normalized spacial score (nSPS) is 11.1. The molecule has 2 aromatic rings. The molecule has 1 aromatic heterocycles. The van der Waals surface area contributed by atoms with Crippen LogP contribution in [0.1, 0.15) is 5.56 Å². The van der Waals surface area contributed by atoms with Crippen LogP contribution < -0.4 is 0 Å². The quantitative estimate of drug-likeness (QED) is 0.608. The van der Waals surface area contributed by atoms with Gasteiger partial charge >= 0.3 is 0 Å².